The zero-order chi connectivity index (χ0) is 65.6. The number of rotatable bonds is 15. The van der Waals surface area contributed by atoms with Crippen LogP contribution in [0.15, 0.2) is 168 Å². The molecule has 92 heavy (non-hydrogen) atoms. The second-order valence-corrected chi connectivity index (χ2v) is 26.4. The van der Waals surface area contributed by atoms with Gasteiger partial charge < -0.3 is 40.6 Å². The van der Waals surface area contributed by atoms with Crippen molar-refractivity contribution in [1.82, 2.24) is 36.0 Å². The van der Waals surface area contributed by atoms with Crippen molar-refractivity contribution in [2.24, 2.45) is 0 Å². The van der Waals surface area contributed by atoms with Gasteiger partial charge in [0.05, 0.1) is 45.6 Å². The number of hydrogen-bond donors (Lipinski definition) is 5. The number of carboxylic acids is 1. The first-order valence-corrected chi connectivity index (χ1v) is 32.3. The maximum absolute atomic E-state index is 12.9. The molecular weight excluding hydrogens is 1230 g/mol. The molecule has 0 unspecified atom stereocenters. The predicted octanol–water partition coefficient (Wildman–Crippen LogP) is 11.8. The molecule has 3 aliphatic heterocycles. The van der Waals surface area contributed by atoms with E-state index in [1.165, 1.54) is 16.7 Å². The number of benzene rings is 6. The molecule has 6 aliphatic rings. The van der Waals surface area contributed by atoms with Gasteiger partial charge >= 0.3 is 24.1 Å². The molecule has 6 aromatic carbocycles. The summed E-state index contributed by atoms with van der Waals surface area (Å²) in [5, 5.41) is 38.6. The van der Waals surface area contributed by atoms with Crippen molar-refractivity contribution in [2.45, 2.75) is 110 Å². The number of hydrogen-bond acceptors (Lipinski definition) is 12. The minimum atomic E-state index is -1.05. The first kappa shape index (κ1) is 67.7. The van der Waals surface area contributed by atoms with Crippen molar-refractivity contribution in [3.8, 4) is 29.4 Å². The number of carbonyl (C=O) groups is 4. The van der Waals surface area contributed by atoms with Crippen molar-refractivity contribution in [3.63, 3.8) is 0 Å². The largest absolute Gasteiger partial charge is 0.480 e. The second-order valence-electron chi connectivity index (χ2n) is 25.5. The van der Waals surface area contributed by atoms with E-state index in [0.29, 0.717) is 36.0 Å². The van der Waals surface area contributed by atoms with Gasteiger partial charge in [0.1, 0.15) is 29.4 Å². The standard InChI is InChI=1S/C24H28N4O2.C24H29N3O4.C16H23N3O.C8H6BrNO/c1-27(2)24(19-8-4-3-5-9-19)14-12-23(13-15-24)18-28(22(29)26-23)20-10-6-7-11-21(20)30-17-16-25;1-26(2)24(18-8-4-3-5-9-18)14-12-23(13-15-24)17-27(22(30)25-23)19-10-6-7-11-20(19)31-16-21(28)29;1-19(2)16(13-6-4-3-5-7-13)10-8-15(9-11-16)12-17-14(20)18-15;9-7-3-1-2-4-8(7)11-6-5-10/h3-11H,12-15,17-18H2,1-2H3,(H,26,29);3-11H,12-17H2,1-2H3,(H,25,30)(H,28,29);3-7H,8-12H2,1-2H3,(H2,17,18,20);1-4H,6H2. The Morgan fingerprint density at radius 1 is 0.478 bits per heavy atom. The number of carbonyl (C=O) groups excluding carboxylic acids is 3. The van der Waals surface area contributed by atoms with Gasteiger partial charge in [0.15, 0.2) is 19.8 Å². The lowest BCUT2D eigenvalue weighted by Gasteiger charge is -2.48. The molecular formula is C72H86BrN11O8. The molecule has 3 saturated heterocycles. The molecule has 6 amide bonds. The van der Waals surface area contributed by atoms with Gasteiger partial charge in [-0.25, -0.2) is 19.2 Å². The third-order valence-electron chi connectivity index (χ3n) is 19.8. The number of carboxylic acid groups (broad SMARTS) is 1. The highest BCUT2D eigenvalue weighted by atomic mass is 79.9. The lowest BCUT2D eigenvalue weighted by atomic mass is 9.69. The van der Waals surface area contributed by atoms with E-state index in [2.05, 4.69) is 179 Å². The molecule has 0 bridgehead atoms. The Labute approximate surface area is 549 Å². The smallest absolute Gasteiger partial charge is 0.341 e. The number of nitriles is 2. The Morgan fingerprint density at radius 3 is 1.16 bits per heavy atom. The molecule has 6 fully saturated rings. The molecule has 3 saturated carbocycles. The van der Waals surface area contributed by atoms with Crippen LogP contribution in [0.25, 0.3) is 0 Å². The average molecular weight is 1310 g/mol. The lowest BCUT2D eigenvalue weighted by molar-refractivity contribution is -0.139. The Balaban J connectivity index is 0.000000153. The van der Waals surface area contributed by atoms with Gasteiger partial charge in [-0.2, -0.15) is 10.5 Å². The molecule has 6 aromatic rings. The van der Waals surface area contributed by atoms with Crippen LogP contribution >= 0.6 is 15.9 Å². The molecule has 3 heterocycles. The molecule has 484 valence electrons. The summed E-state index contributed by atoms with van der Waals surface area (Å²) in [6, 6.07) is 57.6. The summed E-state index contributed by atoms with van der Waals surface area (Å²) in [5.74, 6) is 0.619. The zero-order valence-corrected chi connectivity index (χ0v) is 55.2. The van der Waals surface area contributed by atoms with Crippen LogP contribution in [-0.4, -0.2) is 142 Å². The van der Waals surface area contributed by atoms with Crippen LogP contribution < -0.4 is 45.3 Å². The molecule has 3 aliphatic carbocycles. The fourth-order valence-electron chi connectivity index (χ4n) is 14.4. The number of amides is 6. The normalized spacial score (nSPS) is 25.4. The minimum absolute atomic E-state index is 0.0120. The first-order chi connectivity index (χ1) is 44.3. The Hall–Kier alpha value is -8.66. The third-order valence-corrected chi connectivity index (χ3v) is 20.5. The van der Waals surface area contributed by atoms with Crippen molar-refractivity contribution in [3.05, 3.63) is 185 Å². The average Bonchev–Trinajstić information content (AvgIpc) is 1.28. The topological polar surface area (TPSA) is 228 Å². The number of ether oxygens (including phenoxy) is 3. The monoisotopic (exact) mass is 1310 g/mol. The van der Waals surface area contributed by atoms with E-state index in [1.54, 1.807) is 40.1 Å². The summed E-state index contributed by atoms with van der Waals surface area (Å²) in [4.78, 5) is 58.7. The van der Waals surface area contributed by atoms with E-state index in [-0.39, 0.29) is 64.5 Å². The van der Waals surface area contributed by atoms with Crippen LogP contribution in [0.1, 0.15) is 93.7 Å². The number of urea groups is 3. The minimum Gasteiger partial charge on any atom is -0.480 e. The fraction of sp³-hybridized carbons (Fsp3) is 0.417. The van der Waals surface area contributed by atoms with Gasteiger partial charge in [-0.1, -0.05) is 127 Å². The van der Waals surface area contributed by atoms with E-state index in [9.17, 15) is 19.2 Å². The van der Waals surface area contributed by atoms with Gasteiger partial charge in [-0.3, -0.25) is 24.5 Å². The molecule has 20 heteroatoms. The molecule has 5 N–H and O–H groups in total. The SMILES string of the molecule is CN(C)C1(c2ccccc2)CCC2(CC1)CN(c1ccccc1OCC#N)C(=O)N2.CN(C)C1(c2ccccc2)CCC2(CC1)CN(c1ccccc1OCC(=O)O)C(=O)N2.CN(C)C1(c2ccccc2)CCC2(CC1)CNC(=O)N2.N#CCOc1ccccc1Br. The van der Waals surface area contributed by atoms with Crippen LogP contribution in [0.5, 0.6) is 17.2 Å². The zero-order valence-electron chi connectivity index (χ0n) is 53.6. The van der Waals surface area contributed by atoms with Crippen LogP contribution in [0.3, 0.4) is 0 Å². The second kappa shape index (κ2) is 29.7. The van der Waals surface area contributed by atoms with Gasteiger partial charge in [0, 0.05) is 23.2 Å². The predicted molar refractivity (Wildman–Crippen MR) is 360 cm³/mol. The summed E-state index contributed by atoms with van der Waals surface area (Å²) >= 11 is 3.29. The molecule has 0 aromatic heterocycles. The molecule has 0 radical (unpaired) electrons. The van der Waals surface area contributed by atoms with Crippen molar-refractivity contribution < 1.29 is 38.5 Å². The summed E-state index contributed by atoms with van der Waals surface area (Å²) in [6.45, 7) is 1.52. The summed E-state index contributed by atoms with van der Waals surface area (Å²) < 4.78 is 16.9. The summed E-state index contributed by atoms with van der Waals surface area (Å²) in [6.07, 6.45) is 11.6. The van der Waals surface area contributed by atoms with E-state index in [4.69, 9.17) is 29.8 Å². The van der Waals surface area contributed by atoms with Crippen molar-refractivity contribution >= 4 is 51.4 Å². The van der Waals surface area contributed by atoms with Crippen molar-refractivity contribution in [1.29, 1.82) is 10.5 Å². The molecule has 12 rings (SSSR count). The maximum Gasteiger partial charge on any atom is 0.341 e. The first-order valence-electron chi connectivity index (χ1n) is 31.5. The molecule has 19 nitrogen and oxygen atoms in total. The number of halogens is 1. The highest BCUT2D eigenvalue weighted by molar-refractivity contribution is 9.10. The van der Waals surface area contributed by atoms with Gasteiger partial charge in [0.2, 0.25) is 0 Å². The molecule has 3 spiro atoms. The lowest BCUT2D eigenvalue weighted by Crippen LogP contribution is -2.54. The van der Waals surface area contributed by atoms with Gasteiger partial charge in [0.25, 0.3) is 0 Å². The van der Waals surface area contributed by atoms with Gasteiger partial charge in [-0.15, -0.1) is 0 Å². The van der Waals surface area contributed by atoms with Crippen LogP contribution in [0.4, 0.5) is 25.8 Å². The Bertz CT molecular complexity index is 3560. The fourth-order valence-corrected chi connectivity index (χ4v) is 14.8. The number of nitrogens with zero attached hydrogens (tertiary/aromatic N) is 7. The maximum atomic E-state index is 12.9. The summed E-state index contributed by atoms with van der Waals surface area (Å²) in [5.41, 5.74) is 4.82. The van der Waals surface area contributed by atoms with E-state index < -0.39 is 12.6 Å². The summed E-state index contributed by atoms with van der Waals surface area (Å²) in [7, 11) is 12.9. The highest BCUT2D eigenvalue weighted by Gasteiger charge is 2.53. The number of para-hydroxylation sites is 5. The third kappa shape index (κ3) is 15.1. The van der Waals surface area contributed by atoms with Crippen molar-refractivity contribution in [2.75, 3.05) is 91.5 Å². The number of aliphatic carboxylic acids is 1. The van der Waals surface area contributed by atoms with E-state index in [0.717, 1.165) is 93.8 Å². The number of anilines is 2. The molecule has 0 atom stereocenters. The quantitative estimate of drug-likeness (QED) is 0.0645. The van der Waals surface area contributed by atoms with E-state index >= 15 is 0 Å². The Kier molecular flexibility index (Phi) is 21.9. The van der Waals surface area contributed by atoms with Gasteiger partial charge in [-0.05, 0) is 188 Å². The van der Waals surface area contributed by atoms with Crippen LogP contribution in [0, 0.1) is 22.7 Å². The van der Waals surface area contributed by atoms with E-state index in [1.807, 2.05) is 60.7 Å². The Morgan fingerprint density at radius 2 is 0.815 bits per heavy atom. The van der Waals surface area contributed by atoms with Crippen LogP contribution in [0.2, 0.25) is 0 Å². The van der Waals surface area contributed by atoms with Crippen LogP contribution in [-0.2, 0) is 21.4 Å². The highest BCUT2D eigenvalue weighted by Crippen LogP contribution is 2.50. The number of nitrogens with one attached hydrogen (secondary N) is 4.